The first-order chi connectivity index (χ1) is 18.7. The molecule has 40 heavy (non-hydrogen) atoms. The van der Waals surface area contributed by atoms with E-state index in [-0.39, 0.29) is 43.7 Å². The fourth-order valence-electron chi connectivity index (χ4n) is 4.84. The number of rotatable bonds is 14. The zero-order chi connectivity index (χ0) is 28.4. The van der Waals surface area contributed by atoms with Crippen molar-refractivity contribution in [2.45, 2.75) is 71.2 Å². The fourth-order valence-corrected chi connectivity index (χ4v) is 4.84. The summed E-state index contributed by atoms with van der Waals surface area (Å²) >= 11 is 0. The van der Waals surface area contributed by atoms with Crippen molar-refractivity contribution in [3.8, 4) is 0 Å². The molecule has 1 heterocycles. The normalized spacial score (nSPS) is 16.2. The molecule has 0 aromatic heterocycles. The quantitative estimate of drug-likeness (QED) is 0.319. The Balaban J connectivity index is 0.00000560. The van der Waals surface area contributed by atoms with Gasteiger partial charge in [-0.3, -0.25) is 14.5 Å². The lowest BCUT2D eigenvalue weighted by Crippen LogP contribution is -2.58. The number of unbranched alkanes of at least 4 members (excludes halogenated alkanes) is 1. The number of nitrogens with one attached hydrogen (secondary N) is 2. The van der Waals surface area contributed by atoms with E-state index in [0.717, 1.165) is 37.4 Å². The minimum Gasteiger partial charge on any atom is -0.390 e. The topological polar surface area (TPSA) is 84.9 Å². The summed E-state index contributed by atoms with van der Waals surface area (Å²) in [6, 6.07) is 9.94. The molecule has 0 aliphatic carbocycles. The lowest BCUT2D eigenvalue weighted by atomic mass is 10.00. The Morgan fingerprint density at radius 2 is 1.75 bits per heavy atom. The van der Waals surface area contributed by atoms with Gasteiger partial charge in [0.1, 0.15) is 11.6 Å². The van der Waals surface area contributed by atoms with E-state index in [1.165, 1.54) is 17.7 Å². The Kier molecular flexibility index (Phi) is 14.0. The van der Waals surface area contributed by atoms with Crippen LogP contribution in [0, 0.1) is 11.6 Å². The van der Waals surface area contributed by atoms with Gasteiger partial charge in [0.25, 0.3) is 0 Å². The summed E-state index contributed by atoms with van der Waals surface area (Å²) in [7, 11) is 0. The van der Waals surface area contributed by atoms with Gasteiger partial charge in [0, 0.05) is 38.8 Å². The molecule has 2 aromatic carbocycles. The molecule has 0 bridgehead atoms. The highest BCUT2D eigenvalue weighted by molar-refractivity contribution is 5.85. The molecule has 0 saturated carbocycles. The fraction of sp³-hybridized carbons (Fsp3) is 0.533. The maximum absolute atomic E-state index is 13.9. The van der Waals surface area contributed by atoms with Crippen LogP contribution in [0.15, 0.2) is 42.5 Å². The Hall–Kier alpha value is -2.59. The number of piperazine rings is 1. The van der Waals surface area contributed by atoms with E-state index in [2.05, 4.69) is 36.6 Å². The summed E-state index contributed by atoms with van der Waals surface area (Å²) in [4.78, 5) is 29.5. The highest BCUT2D eigenvalue weighted by atomic mass is 35.5. The summed E-state index contributed by atoms with van der Waals surface area (Å²) < 4.78 is 27.7. The van der Waals surface area contributed by atoms with Crippen molar-refractivity contribution >= 4 is 24.2 Å². The second-order valence-corrected chi connectivity index (χ2v) is 10.3. The third-order valence-electron chi connectivity index (χ3n) is 7.31. The number of carbonyl (C=O) groups is 2. The van der Waals surface area contributed by atoms with Crippen LogP contribution in [0.4, 0.5) is 8.78 Å². The van der Waals surface area contributed by atoms with Crippen molar-refractivity contribution in [1.82, 2.24) is 20.4 Å². The molecule has 2 aromatic rings. The van der Waals surface area contributed by atoms with E-state index in [4.69, 9.17) is 0 Å². The number of aliphatic hydroxyl groups excluding tert-OH is 1. The van der Waals surface area contributed by atoms with Gasteiger partial charge in [-0.1, -0.05) is 44.5 Å². The van der Waals surface area contributed by atoms with E-state index in [9.17, 15) is 23.5 Å². The molecule has 3 rings (SSSR count). The number of carbonyl (C=O) groups excluding carboxylic acids is 2. The van der Waals surface area contributed by atoms with Crippen LogP contribution in [0.2, 0.25) is 0 Å². The number of benzene rings is 2. The first kappa shape index (κ1) is 33.6. The first-order valence-electron chi connectivity index (χ1n) is 13.9. The summed E-state index contributed by atoms with van der Waals surface area (Å²) in [6.45, 7) is 8.60. The standard InChI is InChI=1S/C30H42F2N4O3.ClH/c1-4-6-10-35-11-12-36(20-29(35)38)21(3)30(39)34-27(16-24-14-25(31)17-26(32)15-24)28(37)19-33-18-23-9-7-8-22(5-2)13-23;/h7-9,13-15,17,21,27-28,33,37H,4-6,10-12,16,18-20H2,1-3H3,(H,34,39);1H. The molecule has 2 amide bonds. The Morgan fingerprint density at radius 1 is 1.05 bits per heavy atom. The van der Waals surface area contributed by atoms with Gasteiger partial charge in [0.15, 0.2) is 0 Å². The average molecular weight is 581 g/mol. The van der Waals surface area contributed by atoms with E-state index in [1.807, 2.05) is 21.9 Å². The Morgan fingerprint density at radius 3 is 2.40 bits per heavy atom. The molecule has 222 valence electrons. The van der Waals surface area contributed by atoms with E-state index in [0.29, 0.717) is 25.2 Å². The molecule has 1 aliphatic rings. The first-order valence-corrected chi connectivity index (χ1v) is 13.9. The minimum atomic E-state index is -1.02. The van der Waals surface area contributed by atoms with Gasteiger partial charge in [-0.2, -0.15) is 0 Å². The predicted molar refractivity (Wildman–Crippen MR) is 155 cm³/mol. The van der Waals surface area contributed by atoms with Gasteiger partial charge in [-0.15, -0.1) is 12.4 Å². The van der Waals surface area contributed by atoms with Crippen LogP contribution in [0.3, 0.4) is 0 Å². The van der Waals surface area contributed by atoms with Crippen molar-refractivity contribution in [3.05, 3.63) is 70.8 Å². The predicted octanol–water partition coefficient (Wildman–Crippen LogP) is 3.46. The second kappa shape index (κ2) is 16.6. The van der Waals surface area contributed by atoms with Gasteiger partial charge in [0.05, 0.1) is 24.7 Å². The van der Waals surface area contributed by atoms with Crippen LogP contribution in [-0.4, -0.2) is 77.6 Å². The SMILES string of the molecule is CCCCN1CCN(C(C)C(=O)NC(Cc2cc(F)cc(F)c2)C(O)CNCc2cccc(CC)c2)CC1=O.Cl. The van der Waals surface area contributed by atoms with Gasteiger partial charge >= 0.3 is 0 Å². The Bertz CT molecular complexity index is 1090. The lowest BCUT2D eigenvalue weighted by Gasteiger charge is -2.37. The molecule has 0 radical (unpaired) electrons. The summed E-state index contributed by atoms with van der Waals surface area (Å²) in [5, 5.41) is 17.2. The molecule has 3 atom stereocenters. The number of hydrogen-bond acceptors (Lipinski definition) is 5. The molecule has 1 saturated heterocycles. The second-order valence-electron chi connectivity index (χ2n) is 10.3. The van der Waals surface area contributed by atoms with Crippen molar-refractivity contribution in [1.29, 1.82) is 0 Å². The molecule has 7 nitrogen and oxygen atoms in total. The highest BCUT2D eigenvalue weighted by Crippen LogP contribution is 2.14. The third kappa shape index (κ3) is 10.1. The smallest absolute Gasteiger partial charge is 0.237 e. The van der Waals surface area contributed by atoms with Crippen molar-refractivity contribution in [3.63, 3.8) is 0 Å². The number of aryl methyl sites for hydroxylation is 1. The molecule has 1 fully saturated rings. The van der Waals surface area contributed by atoms with Crippen molar-refractivity contribution < 1.29 is 23.5 Å². The van der Waals surface area contributed by atoms with Crippen LogP contribution >= 0.6 is 12.4 Å². The molecule has 10 heteroatoms. The van der Waals surface area contributed by atoms with E-state index in [1.54, 1.807) is 6.92 Å². The monoisotopic (exact) mass is 580 g/mol. The zero-order valence-corrected chi connectivity index (χ0v) is 24.5. The number of aliphatic hydroxyl groups is 1. The van der Waals surface area contributed by atoms with Gasteiger partial charge in [-0.05, 0) is 55.0 Å². The molecule has 0 spiro atoms. The van der Waals surface area contributed by atoms with Crippen LogP contribution < -0.4 is 10.6 Å². The number of hydrogen-bond donors (Lipinski definition) is 3. The minimum absolute atomic E-state index is 0. The third-order valence-corrected chi connectivity index (χ3v) is 7.31. The van der Waals surface area contributed by atoms with Gasteiger partial charge in [-0.25, -0.2) is 8.78 Å². The van der Waals surface area contributed by atoms with Crippen molar-refractivity contribution in [2.75, 3.05) is 32.7 Å². The van der Waals surface area contributed by atoms with Crippen LogP contribution in [0.25, 0.3) is 0 Å². The van der Waals surface area contributed by atoms with Crippen LogP contribution in [0.5, 0.6) is 0 Å². The van der Waals surface area contributed by atoms with Gasteiger partial charge < -0.3 is 20.6 Å². The Labute approximate surface area is 242 Å². The summed E-state index contributed by atoms with van der Waals surface area (Å²) in [6.07, 6.45) is 1.90. The lowest BCUT2D eigenvalue weighted by molar-refractivity contribution is -0.139. The molecule has 1 aliphatic heterocycles. The maximum atomic E-state index is 13.9. The number of nitrogens with zero attached hydrogens (tertiary/aromatic N) is 2. The molecule has 3 unspecified atom stereocenters. The molecular formula is C30H43ClF2N4O3. The van der Waals surface area contributed by atoms with Crippen LogP contribution in [-0.2, 0) is 29.0 Å². The van der Waals surface area contributed by atoms with Crippen LogP contribution in [0.1, 0.15) is 50.3 Å². The van der Waals surface area contributed by atoms with Gasteiger partial charge in [0.2, 0.25) is 11.8 Å². The van der Waals surface area contributed by atoms with E-state index >= 15 is 0 Å². The molecule has 3 N–H and O–H groups in total. The average Bonchev–Trinajstić information content (AvgIpc) is 2.91. The summed E-state index contributed by atoms with van der Waals surface area (Å²) in [5.74, 6) is -1.78. The zero-order valence-electron chi connectivity index (χ0n) is 23.7. The largest absolute Gasteiger partial charge is 0.390 e. The number of amides is 2. The van der Waals surface area contributed by atoms with Crippen molar-refractivity contribution in [2.24, 2.45) is 0 Å². The molecular weight excluding hydrogens is 538 g/mol. The number of halogens is 3. The summed E-state index contributed by atoms with van der Waals surface area (Å²) in [5.41, 5.74) is 2.62. The maximum Gasteiger partial charge on any atom is 0.237 e. The highest BCUT2D eigenvalue weighted by Gasteiger charge is 2.32. The van der Waals surface area contributed by atoms with E-state index < -0.39 is 29.8 Å².